The van der Waals surface area contributed by atoms with E-state index in [2.05, 4.69) is 10.3 Å². The molecule has 0 radical (unpaired) electrons. The van der Waals surface area contributed by atoms with Crippen LogP contribution in [-0.2, 0) is 16.1 Å². The van der Waals surface area contributed by atoms with Gasteiger partial charge in [0, 0.05) is 18.2 Å². The average Bonchev–Trinajstić information content (AvgIpc) is 2.54. The number of benzene rings is 1. The first-order chi connectivity index (χ1) is 11.4. The van der Waals surface area contributed by atoms with E-state index in [1.54, 1.807) is 26.8 Å². The van der Waals surface area contributed by atoms with Gasteiger partial charge in [-0.1, -0.05) is 57.2 Å². The Hall–Kier alpha value is -2.69. The number of nitrogens with zero attached hydrogens (tertiary/aromatic N) is 2. The number of amides is 2. The van der Waals surface area contributed by atoms with Gasteiger partial charge in [-0.3, -0.25) is 9.59 Å². The summed E-state index contributed by atoms with van der Waals surface area (Å²) in [5, 5.41) is 2.62. The van der Waals surface area contributed by atoms with Crippen molar-refractivity contribution < 1.29 is 9.59 Å². The summed E-state index contributed by atoms with van der Waals surface area (Å²) in [4.78, 5) is 28.0. The number of carbonyl (C=O) groups is 2. The highest BCUT2D eigenvalue weighted by atomic mass is 16.2. The average molecular weight is 325 g/mol. The molecule has 0 fully saturated rings. The molecule has 0 spiro atoms. The number of pyridine rings is 1. The Morgan fingerprint density at radius 3 is 2.38 bits per heavy atom. The molecule has 0 atom stereocenters. The van der Waals surface area contributed by atoms with Crippen molar-refractivity contribution in [2.75, 3.05) is 6.54 Å². The zero-order valence-electron chi connectivity index (χ0n) is 14.3. The normalized spacial score (nSPS) is 12.0. The lowest BCUT2D eigenvalue weighted by Gasteiger charge is -2.16. The number of hydrogen-bond donors (Lipinski definition) is 1. The van der Waals surface area contributed by atoms with Gasteiger partial charge in [-0.2, -0.15) is 4.99 Å². The summed E-state index contributed by atoms with van der Waals surface area (Å²) >= 11 is 0. The predicted molar refractivity (Wildman–Crippen MR) is 93.0 cm³/mol. The van der Waals surface area contributed by atoms with Crippen LogP contribution in [0.25, 0.3) is 0 Å². The number of nitrogens with one attached hydrogen (secondary N) is 1. The molecule has 126 valence electrons. The van der Waals surface area contributed by atoms with Gasteiger partial charge in [0.15, 0.2) is 0 Å². The molecule has 5 heteroatoms. The third-order valence-electron chi connectivity index (χ3n) is 3.43. The van der Waals surface area contributed by atoms with Crippen LogP contribution >= 0.6 is 0 Å². The fourth-order valence-corrected chi connectivity index (χ4v) is 2.07. The fourth-order valence-electron chi connectivity index (χ4n) is 2.07. The third kappa shape index (κ3) is 5.19. The van der Waals surface area contributed by atoms with Crippen molar-refractivity contribution in [3.63, 3.8) is 0 Å². The quantitative estimate of drug-likeness (QED) is 0.936. The molecule has 2 rings (SSSR count). The second-order valence-electron chi connectivity index (χ2n) is 6.61. The summed E-state index contributed by atoms with van der Waals surface area (Å²) < 4.78 is 1.90. The molecular weight excluding hydrogens is 302 g/mol. The van der Waals surface area contributed by atoms with Gasteiger partial charge in [-0.15, -0.1) is 0 Å². The van der Waals surface area contributed by atoms with Crippen molar-refractivity contribution in [2.45, 2.75) is 27.3 Å². The maximum atomic E-state index is 12.1. The van der Waals surface area contributed by atoms with Crippen molar-refractivity contribution in [1.82, 2.24) is 9.88 Å². The van der Waals surface area contributed by atoms with E-state index in [0.29, 0.717) is 12.0 Å². The monoisotopic (exact) mass is 325 g/mol. The highest BCUT2D eigenvalue weighted by molar-refractivity contribution is 5.87. The molecular formula is C19H23N3O2. The minimum atomic E-state index is -0.528. The topological polar surface area (TPSA) is 63.5 Å². The van der Waals surface area contributed by atoms with Gasteiger partial charge in [-0.05, 0) is 17.7 Å². The molecule has 0 saturated heterocycles. The first-order valence-corrected chi connectivity index (χ1v) is 7.91. The Kier molecular flexibility index (Phi) is 5.68. The van der Waals surface area contributed by atoms with Crippen LogP contribution in [0.2, 0.25) is 0 Å². The molecule has 1 aromatic carbocycles. The summed E-state index contributed by atoms with van der Waals surface area (Å²) in [6.45, 7) is 5.93. The maximum absolute atomic E-state index is 12.1. The number of carbonyl (C=O) groups excluding carboxylic acids is 2. The minimum Gasteiger partial charge on any atom is -0.346 e. The Morgan fingerprint density at radius 2 is 1.71 bits per heavy atom. The lowest BCUT2D eigenvalue weighted by atomic mass is 9.96. The van der Waals surface area contributed by atoms with Crippen LogP contribution in [-0.4, -0.2) is 22.9 Å². The molecule has 0 aliphatic carbocycles. The van der Waals surface area contributed by atoms with Crippen molar-refractivity contribution in [2.24, 2.45) is 10.4 Å². The second-order valence-corrected chi connectivity index (χ2v) is 6.61. The van der Waals surface area contributed by atoms with Gasteiger partial charge in [0.1, 0.15) is 5.49 Å². The van der Waals surface area contributed by atoms with E-state index in [4.69, 9.17) is 0 Å². The van der Waals surface area contributed by atoms with E-state index >= 15 is 0 Å². The third-order valence-corrected chi connectivity index (χ3v) is 3.43. The molecule has 0 bridgehead atoms. The summed E-state index contributed by atoms with van der Waals surface area (Å²) in [5.41, 5.74) is 1.16. The zero-order valence-corrected chi connectivity index (χ0v) is 14.3. The smallest absolute Gasteiger partial charge is 0.267 e. The van der Waals surface area contributed by atoms with E-state index in [-0.39, 0.29) is 18.4 Å². The Balaban J connectivity index is 2.12. The molecule has 0 aliphatic rings. The minimum absolute atomic E-state index is 0.101. The van der Waals surface area contributed by atoms with Gasteiger partial charge in [0.25, 0.3) is 5.91 Å². The summed E-state index contributed by atoms with van der Waals surface area (Å²) in [6, 6.07) is 15.5. The molecule has 1 N–H and O–H groups in total. The number of rotatable bonds is 4. The molecule has 5 nitrogen and oxygen atoms in total. The standard InChI is InChI=1S/C19H23N3O2/c1-19(2,3)18(24)20-13-17(23)21-16-11-7-8-12-22(16)14-15-9-5-4-6-10-15/h4-12H,13-14H2,1-3H3,(H,20,24). The highest BCUT2D eigenvalue weighted by Crippen LogP contribution is 2.11. The Labute approximate surface area is 142 Å². The SMILES string of the molecule is CC(C)(C)C(=O)NCC(=O)N=c1ccccn1Cc1ccccc1. The number of hydrogen-bond acceptors (Lipinski definition) is 2. The molecule has 0 aliphatic heterocycles. The summed E-state index contributed by atoms with van der Waals surface area (Å²) in [5.74, 6) is -0.545. The summed E-state index contributed by atoms with van der Waals surface area (Å²) in [6.07, 6.45) is 1.88. The van der Waals surface area contributed by atoms with Crippen molar-refractivity contribution in [3.8, 4) is 0 Å². The summed E-state index contributed by atoms with van der Waals surface area (Å²) in [7, 11) is 0. The molecule has 1 heterocycles. The molecule has 2 amide bonds. The highest BCUT2D eigenvalue weighted by Gasteiger charge is 2.21. The molecule has 24 heavy (non-hydrogen) atoms. The van der Waals surface area contributed by atoms with Gasteiger partial charge >= 0.3 is 0 Å². The van der Waals surface area contributed by atoms with Crippen LogP contribution < -0.4 is 10.8 Å². The van der Waals surface area contributed by atoms with Crippen LogP contribution in [0.15, 0.2) is 59.7 Å². The van der Waals surface area contributed by atoms with Gasteiger partial charge in [0.2, 0.25) is 5.91 Å². The fraction of sp³-hybridized carbons (Fsp3) is 0.316. The van der Waals surface area contributed by atoms with Crippen LogP contribution in [0, 0.1) is 5.41 Å². The first kappa shape index (κ1) is 17.7. The van der Waals surface area contributed by atoms with Gasteiger partial charge in [-0.25, -0.2) is 0 Å². The second kappa shape index (κ2) is 7.73. The predicted octanol–water partition coefficient (Wildman–Crippen LogP) is 2.13. The van der Waals surface area contributed by atoms with E-state index in [1.807, 2.05) is 53.2 Å². The van der Waals surface area contributed by atoms with Crippen LogP contribution in [0.4, 0.5) is 0 Å². The van der Waals surface area contributed by atoms with Gasteiger partial charge < -0.3 is 9.88 Å². The molecule has 0 unspecified atom stereocenters. The largest absolute Gasteiger partial charge is 0.346 e. The van der Waals surface area contributed by atoms with Crippen molar-refractivity contribution >= 4 is 11.8 Å². The van der Waals surface area contributed by atoms with E-state index in [0.717, 1.165) is 5.56 Å². The first-order valence-electron chi connectivity index (χ1n) is 7.91. The van der Waals surface area contributed by atoms with Gasteiger partial charge in [0.05, 0.1) is 6.54 Å². The lowest BCUT2D eigenvalue weighted by molar-refractivity contribution is -0.130. The molecule has 0 saturated carbocycles. The van der Waals surface area contributed by atoms with Crippen LogP contribution in [0.5, 0.6) is 0 Å². The van der Waals surface area contributed by atoms with E-state index in [9.17, 15) is 9.59 Å². The van der Waals surface area contributed by atoms with E-state index < -0.39 is 5.41 Å². The Bertz CT molecular complexity index is 771. The van der Waals surface area contributed by atoms with Crippen LogP contribution in [0.1, 0.15) is 26.3 Å². The van der Waals surface area contributed by atoms with Crippen molar-refractivity contribution in [1.29, 1.82) is 0 Å². The zero-order chi connectivity index (χ0) is 17.6. The maximum Gasteiger partial charge on any atom is 0.267 e. The van der Waals surface area contributed by atoms with Crippen LogP contribution in [0.3, 0.4) is 0 Å². The molecule has 1 aromatic heterocycles. The molecule has 2 aromatic rings. The number of aromatic nitrogens is 1. The lowest BCUT2D eigenvalue weighted by Crippen LogP contribution is -2.38. The van der Waals surface area contributed by atoms with E-state index in [1.165, 1.54) is 0 Å². The Morgan fingerprint density at radius 1 is 1.04 bits per heavy atom. The van der Waals surface area contributed by atoms with Crippen molar-refractivity contribution in [3.05, 3.63) is 65.8 Å².